The molecule has 1 atom stereocenters. The van der Waals surface area contributed by atoms with Crippen molar-refractivity contribution < 1.29 is 18.8 Å². The number of carbonyl (C=O) groups excluding carboxylic acids is 2. The lowest BCUT2D eigenvalue weighted by molar-refractivity contribution is 0.109. The van der Waals surface area contributed by atoms with E-state index in [-0.39, 0.29) is 11.4 Å². The van der Waals surface area contributed by atoms with Crippen molar-refractivity contribution in [1.29, 1.82) is 0 Å². The van der Waals surface area contributed by atoms with Crippen molar-refractivity contribution in [2.45, 2.75) is 20.0 Å². The number of nitrogens with zero attached hydrogens (tertiary/aromatic N) is 1. The summed E-state index contributed by atoms with van der Waals surface area (Å²) in [6, 6.07) is 9.33. The third-order valence-electron chi connectivity index (χ3n) is 2.78. The van der Waals surface area contributed by atoms with Crippen molar-refractivity contribution in [3.8, 4) is 0 Å². The number of aryl methyl sites for hydroxylation is 1. The Morgan fingerprint density at radius 2 is 2.10 bits per heavy atom. The Morgan fingerprint density at radius 1 is 1.40 bits per heavy atom. The molecule has 0 spiro atoms. The second-order valence-corrected chi connectivity index (χ2v) is 4.21. The molecule has 0 saturated carbocycles. The molecule has 1 amide bonds. The first-order chi connectivity index (χ1) is 9.61. The molecule has 2 aromatic rings. The fraction of sp³-hybridized carbons (Fsp3) is 0.214. The molecule has 20 heavy (non-hydrogen) atoms. The SMILES string of the molecule is Cc1noc(C=O)c1NC(=O)O[C@H](C)c1ccccc1. The van der Waals surface area contributed by atoms with Crippen LogP contribution in [0.25, 0.3) is 0 Å². The number of amides is 1. The molecule has 0 radical (unpaired) electrons. The van der Waals surface area contributed by atoms with Crippen molar-refractivity contribution in [1.82, 2.24) is 5.16 Å². The van der Waals surface area contributed by atoms with E-state index in [9.17, 15) is 9.59 Å². The topological polar surface area (TPSA) is 81.4 Å². The molecule has 0 unspecified atom stereocenters. The van der Waals surface area contributed by atoms with Crippen LogP contribution in [0.2, 0.25) is 0 Å². The normalized spacial score (nSPS) is 11.7. The summed E-state index contributed by atoms with van der Waals surface area (Å²) in [5.74, 6) is -0.0354. The molecule has 1 N–H and O–H groups in total. The zero-order chi connectivity index (χ0) is 14.5. The molecule has 1 heterocycles. The molecular weight excluding hydrogens is 260 g/mol. The fourth-order valence-electron chi connectivity index (χ4n) is 1.70. The van der Waals surface area contributed by atoms with Crippen LogP contribution in [0.1, 0.15) is 34.8 Å². The van der Waals surface area contributed by atoms with Gasteiger partial charge >= 0.3 is 6.09 Å². The maximum Gasteiger partial charge on any atom is 0.412 e. The highest BCUT2D eigenvalue weighted by atomic mass is 16.6. The van der Waals surface area contributed by atoms with Crippen LogP contribution in [-0.4, -0.2) is 17.5 Å². The van der Waals surface area contributed by atoms with Crippen molar-refractivity contribution in [2.24, 2.45) is 0 Å². The summed E-state index contributed by atoms with van der Waals surface area (Å²) in [6.45, 7) is 3.38. The number of rotatable bonds is 4. The standard InChI is InChI=1S/C14H14N2O4/c1-9-13(12(8-17)20-16-9)15-14(18)19-10(2)11-6-4-3-5-7-11/h3-8,10H,1-2H3,(H,15,18)/t10-/m1/s1. The van der Waals surface area contributed by atoms with E-state index in [0.29, 0.717) is 12.0 Å². The van der Waals surface area contributed by atoms with Crippen molar-refractivity contribution in [2.75, 3.05) is 5.32 Å². The molecule has 104 valence electrons. The van der Waals surface area contributed by atoms with Gasteiger partial charge in [0.15, 0.2) is 6.29 Å². The number of hydrogen-bond donors (Lipinski definition) is 1. The lowest BCUT2D eigenvalue weighted by Crippen LogP contribution is -2.17. The highest BCUT2D eigenvalue weighted by Gasteiger charge is 2.17. The van der Waals surface area contributed by atoms with Gasteiger partial charge in [-0.1, -0.05) is 35.5 Å². The smallest absolute Gasteiger partial charge is 0.412 e. The van der Waals surface area contributed by atoms with Crippen LogP contribution in [-0.2, 0) is 4.74 Å². The molecule has 6 nitrogen and oxygen atoms in total. The van der Waals surface area contributed by atoms with Crippen LogP contribution in [0, 0.1) is 6.92 Å². The van der Waals surface area contributed by atoms with Gasteiger partial charge in [-0.05, 0) is 19.4 Å². The fourth-order valence-corrected chi connectivity index (χ4v) is 1.70. The lowest BCUT2D eigenvalue weighted by atomic mass is 10.1. The maximum atomic E-state index is 11.8. The van der Waals surface area contributed by atoms with E-state index < -0.39 is 12.2 Å². The maximum absolute atomic E-state index is 11.8. The summed E-state index contributed by atoms with van der Waals surface area (Å²) >= 11 is 0. The molecule has 6 heteroatoms. The Bertz CT molecular complexity index is 607. The van der Waals surface area contributed by atoms with Gasteiger partial charge < -0.3 is 9.26 Å². The minimum absolute atomic E-state index is 0.0354. The van der Waals surface area contributed by atoms with Crippen LogP contribution >= 0.6 is 0 Å². The van der Waals surface area contributed by atoms with E-state index in [2.05, 4.69) is 10.5 Å². The monoisotopic (exact) mass is 274 g/mol. The van der Waals surface area contributed by atoms with E-state index in [1.54, 1.807) is 13.8 Å². The number of aldehydes is 1. The summed E-state index contributed by atoms with van der Waals surface area (Å²) in [5, 5.41) is 6.06. The molecule has 0 fully saturated rings. The molecule has 0 bridgehead atoms. The number of nitrogens with one attached hydrogen (secondary N) is 1. The molecule has 0 aliphatic rings. The molecule has 1 aromatic carbocycles. The van der Waals surface area contributed by atoms with E-state index in [4.69, 9.17) is 9.26 Å². The molecule has 2 rings (SSSR count). The molecular formula is C14H14N2O4. The molecule has 1 aromatic heterocycles. The average Bonchev–Trinajstić information content (AvgIpc) is 2.80. The Labute approximate surface area is 115 Å². The summed E-state index contributed by atoms with van der Waals surface area (Å²) in [6.07, 6.45) is -0.595. The number of aromatic nitrogens is 1. The molecule has 0 saturated heterocycles. The Balaban J connectivity index is 2.02. The third kappa shape index (κ3) is 3.03. The Hall–Kier alpha value is -2.63. The van der Waals surface area contributed by atoms with E-state index >= 15 is 0 Å². The number of benzene rings is 1. The minimum atomic E-state index is -0.671. The van der Waals surface area contributed by atoms with E-state index in [1.807, 2.05) is 30.3 Å². The summed E-state index contributed by atoms with van der Waals surface area (Å²) in [5.41, 5.74) is 1.52. The Kier molecular flexibility index (Phi) is 4.14. The van der Waals surface area contributed by atoms with Crippen LogP contribution in [0.3, 0.4) is 0 Å². The largest absolute Gasteiger partial charge is 0.441 e. The highest BCUT2D eigenvalue weighted by molar-refractivity contribution is 5.92. The van der Waals surface area contributed by atoms with Crippen molar-refractivity contribution in [3.63, 3.8) is 0 Å². The Morgan fingerprint density at radius 3 is 2.75 bits per heavy atom. The number of hydrogen-bond acceptors (Lipinski definition) is 5. The first-order valence-electron chi connectivity index (χ1n) is 6.06. The van der Waals surface area contributed by atoms with Gasteiger partial charge in [0.05, 0.1) is 0 Å². The van der Waals surface area contributed by atoms with Crippen LogP contribution in [0.15, 0.2) is 34.9 Å². The predicted molar refractivity (Wildman–Crippen MR) is 71.6 cm³/mol. The average molecular weight is 274 g/mol. The molecule has 0 aliphatic heterocycles. The van der Waals surface area contributed by atoms with Gasteiger partial charge in [0.1, 0.15) is 17.5 Å². The second kappa shape index (κ2) is 6.01. The second-order valence-electron chi connectivity index (χ2n) is 4.21. The first kappa shape index (κ1) is 13.8. The number of ether oxygens (including phenoxy) is 1. The predicted octanol–water partition coefficient (Wildman–Crippen LogP) is 3.11. The van der Waals surface area contributed by atoms with Gasteiger partial charge in [-0.25, -0.2) is 4.79 Å². The zero-order valence-electron chi connectivity index (χ0n) is 11.1. The minimum Gasteiger partial charge on any atom is -0.441 e. The molecule has 0 aliphatic carbocycles. The van der Waals surface area contributed by atoms with Gasteiger partial charge in [-0.3, -0.25) is 10.1 Å². The summed E-state index contributed by atoms with van der Waals surface area (Å²) in [7, 11) is 0. The van der Waals surface area contributed by atoms with E-state index in [1.165, 1.54) is 0 Å². The third-order valence-corrected chi connectivity index (χ3v) is 2.78. The van der Waals surface area contributed by atoms with Crippen LogP contribution < -0.4 is 5.32 Å². The van der Waals surface area contributed by atoms with Gasteiger partial charge in [0.25, 0.3) is 0 Å². The first-order valence-corrected chi connectivity index (χ1v) is 6.06. The van der Waals surface area contributed by atoms with E-state index in [0.717, 1.165) is 5.56 Å². The van der Waals surface area contributed by atoms with Gasteiger partial charge in [-0.15, -0.1) is 0 Å². The highest BCUT2D eigenvalue weighted by Crippen LogP contribution is 2.21. The van der Waals surface area contributed by atoms with Gasteiger partial charge in [0, 0.05) is 0 Å². The summed E-state index contributed by atoms with van der Waals surface area (Å²) < 4.78 is 9.98. The van der Waals surface area contributed by atoms with Crippen LogP contribution in [0.5, 0.6) is 0 Å². The number of anilines is 1. The summed E-state index contributed by atoms with van der Waals surface area (Å²) in [4.78, 5) is 22.5. The van der Waals surface area contributed by atoms with Gasteiger partial charge in [0.2, 0.25) is 5.76 Å². The van der Waals surface area contributed by atoms with Crippen molar-refractivity contribution in [3.05, 3.63) is 47.3 Å². The zero-order valence-corrected chi connectivity index (χ0v) is 11.1. The quantitative estimate of drug-likeness (QED) is 0.866. The number of carbonyl (C=O) groups is 2. The van der Waals surface area contributed by atoms with Crippen LogP contribution in [0.4, 0.5) is 10.5 Å². The lowest BCUT2D eigenvalue weighted by Gasteiger charge is -2.13. The van der Waals surface area contributed by atoms with Gasteiger partial charge in [-0.2, -0.15) is 0 Å². The van der Waals surface area contributed by atoms with Crippen molar-refractivity contribution >= 4 is 18.1 Å².